The second kappa shape index (κ2) is 13.8. The monoisotopic (exact) mass is 613 g/mol. The molecule has 0 spiro atoms. The number of carbonyl (C=O) groups excluding carboxylic acids is 2. The molecule has 0 saturated carbocycles. The highest BCUT2D eigenvalue weighted by atomic mass is 79.9. The Bertz CT molecular complexity index is 1360. The maximum Gasteiger partial charge on any atom is 0.264 e. The van der Waals surface area contributed by atoms with Gasteiger partial charge in [0.15, 0.2) is 0 Å². The number of aryl methyl sites for hydroxylation is 1. The number of carbonyl (C=O) groups is 2. The van der Waals surface area contributed by atoms with Gasteiger partial charge in [0.1, 0.15) is 12.6 Å². The lowest BCUT2D eigenvalue weighted by atomic mass is 10.1. The molecule has 3 rings (SSSR count). The Balaban J connectivity index is 2.04. The number of nitrogens with one attached hydrogen (secondary N) is 1. The molecule has 0 aliphatic heterocycles. The Morgan fingerprint density at radius 2 is 1.59 bits per heavy atom. The molecule has 0 bridgehead atoms. The number of sulfonamides is 1. The second-order valence-electron chi connectivity index (χ2n) is 9.55. The summed E-state index contributed by atoms with van der Waals surface area (Å²) in [6.45, 7) is 7.42. The van der Waals surface area contributed by atoms with Crippen LogP contribution in [0.1, 0.15) is 44.7 Å². The van der Waals surface area contributed by atoms with E-state index in [0.717, 1.165) is 21.9 Å². The SMILES string of the molecule is CC[C@H](C)NC(=O)[C@H](CC)N(Cc1ccc(C)cc1)C(=O)CN(c1cccc(Br)c1)S(=O)(=O)c1ccccc1. The molecule has 0 fully saturated rings. The Morgan fingerprint density at radius 1 is 0.923 bits per heavy atom. The van der Waals surface area contributed by atoms with E-state index in [1.165, 1.54) is 17.0 Å². The molecule has 3 aromatic carbocycles. The lowest BCUT2D eigenvalue weighted by Gasteiger charge is -2.33. The highest BCUT2D eigenvalue weighted by Crippen LogP contribution is 2.27. The minimum absolute atomic E-state index is 0.0560. The van der Waals surface area contributed by atoms with E-state index in [2.05, 4.69) is 21.2 Å². The zero-order valence-electron chi connectivity index (χ0n) is 22.8. The van der Waals surface area contributed by atoms with Crippen LogP contribution in [0.15, 0.2) is 88.2 Å². The summed E-state index contributed by atoms with van der Waals surface area (Å²) >= 11 is 3.41. The Kier molecular flexibility index (Phi) is 10.7. The first-order valence-corrected chi connectivity index (χ1v) is 15.3. The van der Waals surface area contributed by atoms with Crippen LogP contribution in [0.4, 0.5) is 5.69 Å². The summed E-state index contributed by atoms with van der Waals surface area (Å²) in [6.07, 6.45) is 1.13. The van der Waals surface area contributed by atoms with Crippen LogP contribution in [0, 0.1) is 6.92 Å². The van der Waals surface area contributed by atoms with E-state index in [1.54, 1.807) is 42.5 Å². The Morgan fingerprint density at radius 3 is 2.18 bits per heavy atom. The third-order valence-electron chi connectivity index (χ3n) is 6.57. The third kappa shape index (κ3) is 7.92. The molecule has 0 aliphatic rings. The molecule has 0 heterocycles. The number of amides is 2. The van der Waals surface area contributed by atoms with Gasteiger partial charge in [-0.15, -0.1) is 0 Å². The van der Waals surface area contributed by atoms with E-state index in [1.807, 2.05) is 52.0 Å². The first-order valence-electron chi connectivity index (χ1n) is 13.1. The van der Waals surface area contributed by atoms with Crippen LogP contribution >= 0.6 is 15.9 Å². The Labute approximate surface area is 240 Å². The predicted molar refractivity (Wildman–Crippen MR) is 159 cm³/mol. The fraction of sp³-hybridized carbons (Fsp3) is 0.333. The van der Waals surface area contributed by atoms with E-state index in [-0.39, 0.29) is 23.4 Å². The van der Waals surface area contributed by atoms with Crippen molar-refractivity contribution in [1.29, 1.82) is 0 Å². The van der Waals surface area contributed by atoms with Crippen molar-refractivity contribution < 1.29 is 18.0 Å². The largest absolute Gasteiger partial charge is 0.352 e. The van der Waals surface area contributed by atoms with Crippen molar-refractivity contribution in [3.63, 3.8) is 0 Å². The van der Waals surface area contributed by atoms with Gasteiger partial charge in [-0.2, -0.15) is 0 Å². The highest BCUT2D eigenvalue weighted by Gasteiger charge is 2.34. The topological polar surface area (TPSA) is 86.8 Å². The summed E-state index contributed by atoms with van der Waals surface area (Å²) in [6, 6.07) is 21.8. The average Bonchev–Trinajstić information content (AvgIpc) is 2.92. The van der Waals surface area contributed by atoms with E-state index >= 15 is 0 Å². The van der Waals surface area contributed by atoms with Crippen molar-refractivity contribution in [3.8, 4) is 0 Å². The van der Waals surface area contributed by atoms with Crippen LogP contribution < -0.4 is 9.62 Å². The summed E-state index contributed by atoms with van der Waals surface area (Å²) in [5, 5.41) is 2.99. The van der Waals surface area contributed by atoms with Crippen molar-refractivity contribution in [3.05, 3.63) is 94.5 Å². The standard InChI is InChI=1S/C30H36BrN3O4S/c1-5-23(4)32-30(36)28(6-2)33(20-24-17-15-22(3)16-18-24)29(35)21-34(26-12-10-11-25(31)19-26)39(37,38)27-13-8-7-9-14-27/h7-19,23,28H,5-6,20-21H2,1-4H3,(H,32,36)/t23-,28-/m0/s1. The molecule has 208 valence electrons. The van der Waals surface area contributed by atoms with Crippen molar-refractivity contribution in [2.24, 2.45) is 0 Å². The molecule has 3 aromatic rings. The zero-order valence-corrected chi connectivity index (χ0v) is 25.2. The number of hydrogen-bond acceptors (Lipinski definition) is 4. The number of hydrogen-bond donors (Lipinski definition) is 1. The number of anilines is 1. The van der Waals surface area contributed by atoms with E-state index in [0.29, 0.717) is 16.6 Å². The summed E-state index contributed by atoms with van der Waals surface area (Å²) in [4.78, 5) is 28.9. The molecule has 0 radical (unpaired) electrons. The van der Waals surface area contributed by atoms with Crippen LogP contribution in [-0.2, 0) is 26.2 Å². The molecule has 0 saturated heterocycles. The molecule has 0 aromatic heterocycles. The minimum atomic E-state index is -4.09. The fourth-order valence-electron chi connectivity index (χ4n) is 4.13. The summed E-state index contributed by atoms with van der Waals surface area (Å²) < 4.78 is 29.4. The van der Waals surface area contributed by atoms with Gasteiger partial charge in [-0.1, -0.05) is 83.9 Å². The first kappa shape index (κ1) is 30.4. The smallest absolute Gasteiger partial charge is 0.264 e. The zero-order chi connectivity index (χ0) is 28.6. The Hall–Kier alpha value is -3.17. The van der Waals surface area contributed by atoms with E-state index < -0.39 is 28.5 Å². The number of rotatable bonds is 12. The molecule has 0 aliphatic carbocycles. The summed E-state index contributed by atoms with van der Waals surface area (Å²) in [5.74, 6) is -0.728. The van der Waals surface area contributed by atoms with Gasteiger partial charge >= 0.3 is 0 Å². The van der Waals surface area contributed by atoms with Gasteiger partial charge in [-0.3, -0.25) is 13.9 Å². The molecule has 1 N–H and O–H groups in total. The lowest BCUT2D eigenvalue weighted by Crippen LogP contribution is -2.53. The van der Waals surface area contributed by atoms with Crippen LogP contribution in [0.2, 0.25) is 0 Å². The molecular weight excluding hydrogens is 578 g/mol. The maximum atomic E-state index is 14.0. The quantitative estimate of drug-likeness (QED) is 0.285. The van der Waals surface area contributed by atoms with Crippen LogP contribution in [0.3, 0.4) is 0 Å². The maximum absolute atomic E-state index is 14.0. The van der Waals surface area contributed by atoms with Crippen molar-refractivity contribution in [2.45, 2.75) is 64.1 Å². The number of nitrogens with zero attached hydrogens (tertiary/aromatic N) is 2. The van der Waals surface area contributed by atoms with Crippen LogP contribution in [0.5, 0.6) is 0 Å². The average molecular weight is 615 g/mol. The number of halogens is 1. The predicted octanol–water partition coefficient (Wildman–Crippen LogP) is 5.67. The summed E-state index contributed by atoms with van der Waals surface area (Å²) in [7, 11) is -4.09. The normalized spacial score (nSPS) is 12.8. The van der Waals surface area contributed by atoms with Gasteiger partial charge in [0.25, 0.3) is 10.0 Å². The van der Waals surface area contributed by atoms with Gasteiger partial charge in [-0.05, 0) is 62.6 Å². The van der Waals surface area contributed by atoms with Gasteiger partial charge < -0.3 is 10.2 Å². The fourth-order valence-corrected chi connectivity index (χ4v) is 5.94. The lowest BCUT2D eigenvalue weighted by molar-refractivity contribution is -0.140. The molecule has 9 heteroatoms. The van der Waals surface area contributed by atoms with Crippen LogP contribution in [-0.4, -0.2) is 43.8 Å². The molecule has 0 unspecified atom stereocenters. The highest BCUT2D eigenvalue weighted by molar-refractivity contribution is 9.10. The third-order valence-corrected chi connectivity index (χ3v) is 8.85. The first-order chi connectivity index (χ1) is 18.6. The van der Waals surface area contributed by atoms with Crippen LogP contribution in [0.25, 0.3) is 0 Å². The number of benzene rings is 3. The molecule has 2 atom stereocenters. The van der Waals surface area contributed by atoms with Gasteiger partial charge in [0.05, 0.1) is 10.6 Å². The van der Waals surface area contributed by atoms with Crippen molar-refractivity contribution in [1.82, 2.24) is 10.2 Å². The van der Waals surface area contributed by atoms with Gasteiger partial charge in [0.2, 0.25) is 11.8 Å². The minimum Gasteiger partial charge on any atom is -0.352 e. The summed E-state index contributed by atoms with van der Waals surface area (Å²) in [5.41, 5.74) is 2.27. The second-order valence-corrected chi connectivity index (χ2v) is 12.3. The molecule has 39 heavy (non-hydrogen) atoms. The van der Waals surface area contributed by atoms with E-state index in [4.69, 9.17) is 0 Å². The molecule has 2 amide bonds. The van der Waals surface area contributed by atoms with Gasteiger partial charge in [-0.25, -0.2) is 8.42 Å². The van der Waals surface area contributed by atoms with E-state index in [9.17, 15) is 18.0 Å². The van der Waals surface area contributed by atoms with Crippen molar-refractivity contribution in [2.75, 3.05) is 10.8 Å². The molecule has 7 nitrogen and oxygen atoms in total. The van der Waals surface area contributed by atoms with Gasteiger partial charge in [0, 0.05) is 17.1 Å². The van der Waals surface area contributed by atoms with Crippen molar-refractivity contribution >= 4 is 43.5 Å². The molecular formula is C30H36BrN3O4S.